The first-order valence-corrected chi connectivity index (χ1v) is 11.7. The number of carbonyl (C=O) groups is 3. The molecule has 0 radical (unpaired) electrons. The summed E-state index contributed by atoms with van der Waals surface area (Å²) in [7, 11) is -3.86. The number of nitrogens with one attached hydrogen (secondary N) is 2. The van der Waals surface area contributed by atoms with Crippen LogP contribution in [0, 0.1) is 0 Å². The van der Waals surface area contributed by atoms with Gasteiger partial charge in [-0.1, -0.05) is 36.2 Å². The van der Waals surface area contributed by atoms with Gasteiger partial charge in [0.25, 0.3) is 11.8 Å². The Morgan fingerprint density at radius 2 is 1.62 bits per heavy atom. The van der Waals surface area contributed by atoms with E-state index in [1.54, 1.807) is 30.3 Å². The Balaban J connectivity index is 1.59. The van der Waals surface area contributed by atoms with Crippen LogP contribution in [0.15, 0.2) is 53.4 Å². The fourth-order valence-corrected chi connectivity index (χ4v) is 5.13. The average molecular weight is 480 g/mol. The van der Waals surface area contributed by atoms with Gasteiger partial charge in [0, 0.05) is 18.7 Å². The maximum atomic E-state index is 12.9. The van der Waals surface area contributed by atoms with Gasteiger partial charge in [0.15, 0.2) is 6.61 Å². The summed E-state index contributed by atoms with van der Waals surface area (Å²) in [4.78, 5) is 35.9. The quantitative estimate of drug-likeness (QED) is 0.483. The maximum Gasteiger partial charge on any atom is 0.338 e. The monoisotopic (exact) mass is 479 g/mol. The number of hydrogen-bond donors (Lipinski definition) is 2. The SMILES string of the molecule is O=C(COC(=O)c1ccc(Cl)c(S(=O)(=O)N2CCCCC2)c1)NNC(=O)c1ccccc1. The van der Waals surface area contributed by atoms with Crippen LogP contribution in [0.1, 0.15) is 40.0 Å². The van der Waals surface area contributed by atoms with E-state index in [9.17, 15) is 22.8 Å². The molecular formula is C21H22ClN3O6S. The van der Waals surface area contributed by atoms with Crippen LogP contribution in [0.5, 0.6) is 0 Å². The molecule has 0 atom stereocenters. The van der Waals surface area contributed by atoms with Crippen LogP contribution in [0.3, 0.4) is 0 Å². The number of esters is 1. The van der Waals surface area contributed by atoms with Crippen molar-refractivity contribution in [2.75, 3.05) is 19.7 Å². The second-order valence-corrected chi connectivity index (χ2v) is 9.37. The molecule has 3 rings (SSSR count). The van der Waals surface area contributed by atoms with Crippen molar-refractivity contribution < 1.29 is 27.5 Å². The molecule has 170 valence electrons. The lowest BCUT2D eigenvalue weighted by molar-refractivity contribution is -0.125. The minimum Gasteiger partial charge on any atom is -0.452 e. The van der Waals surface area contributed by atoms with Gasteiger partial charge in [-0.25, -0.2) is 13.2 Å². The Labute approximate surface area is 190 Å². The lowest BCUT2D eigenvalue weighted by Crippen LogP contribution is -2.43. The number of halogens is 1. The van der Waals surface area contributed by atoms with Gasteiger partial charge in [-0.3, -0.25) is 20.4 Å². The first-order chi connectivity index (χ1) is 15.3. The number of benzene rings is 2. The highest BCUT2D eigenvalue weighted by atomic mass is 35.5. The first-order valence-electron chi connectivity index (χ1n) is 9.90. The third-order valence-electron chi connectivity index (χ3n) is 4.79. The largest absolute Gasteiger partial charge is 0.452 e. The van der Waals surface area contributed by atoms with Crippen molar-refractivity contribution in [2.24, 2.45) is 0 Å². The Morgan fingerprint density at radius 1 is 0.938 bits per heavy atom. The van der Waals surface area contributed by atoms with Gasteiger partial charge in [0.2, 0.25) is 10.0 Å². The summed E-state index contributed by atoms with van der Waals surface area (Å²) in [6, 6.07) is 12.0. The summed E-state index contributed by atoms with van der Waals surface area (Å²) in [5, 5.41) is -0.00603. The van der Waals surface area contributed by atoms with Crippen molar-refractivity contribution in [1.29, 1.82) is 0 Å². The van der Waals surface area contributed by atoms with Crippen LogP contribution < -0.4 is 10.9 Å². The number of ether oxygens (including phenoxy) is 1. The molecule has 0 bridgehead atoms. The van der Waals surface area contributed by atoms with E-state index in [0.717, 1.165) is 25.3 Å². The number of hydrogen-bond acceptors (Lipinski definition) is 6. The standard InChI is InChI=1S/C21H22ClN3O6S/c22-17-10-9-16(13-18(17)32(29,30)25-11-5-2-6-12-25)21(28)31-14-19(26)23-24-20(27)15-7-3-1-4-8-15/h1,3-4,7-10,13H,2,5-6,11-12,14H2,(H,23,26)(H,24,27). The molecule has 2 amide bonds. The van der Waals surface area contributed by atoms with Crippen molar-refractivity contribution in [3.8, 4) is 0 Å². The van der Waals surface area contributed by atoms with Crippen LogP contribution >= 0.6 is 11.6 Å². The minimum absolute atomic E-state index is 0.00603. The van der Waals surface area contributed by atoms with Gasteiger partial charge >= 0.3 is 5.97 Å². The number of sulfonamides is 1. The summed E-state index contributed by atoms with van der Waals surface area (Å²) in [5.74, 6) is -2.20. The molecule has 2 aromatic carbocycles. The van der Waals surface area contributed by atoms with Crippen molar-refractivity contribution in [2.45, 2.75) is 24.2 Å². The van der Waals surface area contributed by atoms with E-state index in [1.165, 1.54) is 16.4 Å². The van der Waals surface area contributed by atoms with E-state index < -0.39 is 34.4 Å². The van der Waals surface area contributed by atoms with Crippen molar-refractivity contribution in [1.82, 2.24) is 15.2 Å². The topological polar surface area (TPSA) is 122 Å². The first kappa shape index (κ1) is 23.7. The fraction of sp³-hybridized carbons (Fsp3) is 0.286. The Morgan fingerprint density at radius 3 is 2.31 bits per heavy atom. The molecule has 9 nitrogen and oxygen atoms in total. The Bertz CT molecular complexity index is 1100. The third-order valence-corrected chi connectivity index (χ3v) is 7.17. The smallest absolute Gasteiger partial charge is 0.338 e. The van der Waals surface area contributed by atoms with E-state index in [1.807, 2.05) is 0 Å². The second kappa shape index (κ2) is 10.6. The van der Waals surface area contributed by atoms with E-state index in [0.29, 0.717) is 18.7 Å². The molecular weight excluding hydrogens is 458 g/mol. The summed E-state index contributed by atoms with van der Waals surface area (Å²) < 4.78 is 32.1. The zero-order valence-electron chi connectivity index (χ0n) is 17.0. The van der Waals surface area contributed by atoms with Gasteiger partial charge < -0.3 is 4.74 Å². The third kappa shape index (κ3) is 5.84. The van der Waals surface area contributed by atoms with Crippen molar-refractivity contribution >= 4 is 39.4 Å². The lowest BCUT2D eigenvalue weighted by Gasteiger charge is -2.26. The molecule has 1 aliphatic heterocycles. The van der Waals surface area contributed by atoms with Gasteiger partial charge in [0.1, 0.15) is 4.90 Å². The maximum absolute atomic E-state index is 12.9. The number of piperidine rings is 1. The van der Waals surface area contributed by atoms with Gasteiger partial charge in [0.05, 0.1) is 10.6 Å². The minimum atomic E-state index is -3.86. The molecule has 1 fully saturated rings. The molecule has 11 heteroatoms. The van der Waals surface area contributed by atoms with E-state index in [-0.39, 0.29) is 15.5 Å². The highest BCUT2D eigenvalue weighted by Crippen LogP contribution is 2.28. The van der Waals surface area contributed by atoms with E-state index >= 15 is 0 Å². The van der Waals surface area contributed by atoms with Crippen LogP contribution in [-0.4, -0.2) is 50.2 Å². The number of hydrazine groups is 1. The lowest BCUT2D eigenvalue weighted by atomic mass is 10.2. The fourth-order valence-electron chi connectivity index (χ4n) is 3.11. The average Bonchev–Trinajstić information content (AvgIpc) is 2.82. The van der Waals surface area contributed by atoms with E-state index in [4.69, 9.17) is 16.3 Å². The van der Waals surface area contributed by atoms with Gasteiger partial charge in [-0.05, 0) is 43.2 Å². The molecule has 1 heterocycles. The zero-order valence-corrected chi connectivity index (χ0v) is 18.6. The second-order valence-electron chi connectivity index (χ2n) is 7.05. The predicted molar refractivity (Wildman–Crippen MR) is 116 cm³/mol. The highest BCUT2D eigenvalue weighted by Gasteiger charge is 2.29. The molecule has 0 saturated carbocycles. The van der Waals surface area contributed by atoms with Crippen molar-refractivity contribution in [3.05, 3.63) is 64.7 Å². The van der Waals surface area contributed by atoms with Gasteiger partial charge in [-0.2, -0.15) is 4.31 Å². The molecule has 1 aliphatic rings. The zero-order chi connectivity index (χ0) is 23.1. The number of nitrogens with zero attached hydrogens (tertiary/aromatic N) is 1. The summed E-state index contributed by atoms with van der Waals surface area (Å²) in [6.45, 7) is 0.106. The van der Waals surface area contributed by atoms with Crippen LogP contribution in [-0.2, 0) is 19.6 Å². The molecule has 0 spiro atoms. The summed E-state index contributed by atoms with van der Waals surface area (Å²) in [5.41, 5.74) is 4.62. The molecule has 2 N–H and O–H groups in total. The van der Waals surface area contributed by atoms with Crippen LogP contribution in [0.2, 0.25) is 5.02 Å². The molecule has 0 aromatic heterocycles. The number of carbonyl (C=O) groups excluding carboxylic acids is 3. The normalized spacial score (nSPS) is 14.4. The highest BCUT2D eigenvalue weighted by molar-refractivity contribution is 7.89. The van der Waals surface area contributed by atoms with Gasteiger partial charge in [-0.15, -0.1) is 0 Å². The van der Waals surface area contributed by atoms with Crippen LogP contribution in [0.4, 0.5) is 0 Å². The number of rotatable bonds is 6. The van der Waals surface area contributed by atoms with E-state index in [2.05, 4.69) is 10.9 Å². The van der Waals surface area contributed by atoms with Crippen molar-refractivity contribution in [3.63, 3.8) is 0 Å². The molecule has 32 heavy (non-hydrogen) atoms. The molecule has 2 aromatic rings. The number of amides is 2. The Hall–Kier alpha value is -2.95. The van der Waals surface area contributed by atoms with Crippen LogP contribution in [0.25, 0.3) is 0 Å². The molecule has 1 saturated heterocycles. The molecule has 0 aliphatic carbocycles. The Kier molecular flexibility index (Phi) is 7.84. The summed E-state index contributed by atoms with van der Waals surface area (Å²) in [6.07, 6.45) is 2.48. The molecule has 0 unspecified atom stereocenters. The summed E-state index contributed by atoms with van der Waals surface area (Å²) >= 11 is 6.09. The predicted octanol–water partition coefficient (Wildman–Crippen LogP) is 2.13.